The number of rotatable bonds is 13. The van der Waals surface area contributed by atoms with E-state index in [1.54, 1.807) is 7.11 Å². The lowest BCUT2D eigenvalue weighted by Crippen LogP contribution is -2.43. The summed E-state index contributed by atoms with van der Waals surface area (Å²) in [5, 5.41) is 0. The van der Waals surface area contributed by atoms with Crippen LogP contribution in [0.1, 0.15) is 38.3 Å². The number of benzene rings is 2. The van der Waals surface area contributed by atoms with E-state index in [1.165, 1.54) is 5.56 Å². The second kappa shape index (κ2) is 11.5. The van der Waals surface area contributed by atoms with E-state index < -0.39 is 11.0 Å². The van der Waals surface area contributed by atoms with Crippen LogP contribution in [0.5, 0.6) is 0 Å². The maximum absolute atomic E-state index is 13.0. The summed E-state index contributed by atoms with van der Waals surface area (Å²) < 4.78 is 33.2. The van der Waals surface area contributed by atoms with Crippen LogP contribution in [0.2, 0.25) is 0 Å². The maximum Gasteiger partial charge on any atom is 0.146 e. The van der Waals surface area contributed by atoms with Crippen LogP contribution in [-0.2, 0) is 38.2 Å². The number of hydrogen-bond donors (Lipinski definition) is 1. The molecule has 1 N–H and O–H groups in total. The number of ether oxygens (including phenoxy) is 3. The van der Waals surface area contributed by atoms with Gasteiger partial charge in [-0.2, -0.15) is 0 Å². The molecule has 0 bridgehead atoms. The molecule has 1 aliphatic rings. The molecule has 0 unspecified atom stereocenters. The lowest BCUT2D eigenvalue weighted by atomic mass is 9.96. The van der Waals surface area contributed by atoms with Crippen LogP contribution in [-0.4, -0.2) is 42.1 Å². The Morgan fingerprint density at radius 1 is 1.00 bits per heavy atom. The molecule has 5 nitrogen and oxygen atoms in total. The second-order valence-electron chi connectivity index (χ2n) is 9.70. The van der Waals surface area contributed by atoms with Gasteiger partial charge in [-0.3, -0.25) is 0 Å². The Hall–Kier alpha value is -1.57. The van der Waals surface area contributed by atoms with Crippen molar-refractivity contribution < 1.29 is 18.4 Å². The highest BCUT2D eigenvalue weighted by atomic mass is 32.2. The summed E-state index contributed by atoms with van der Waals surface area (Å²) in [6.07, 6.45) is 1.79. The van der Waals surface area contributed by atoms with E-state index in [0.717, 1.165) is 18.4 Å². The number of hydrogen-bond acceptors (Lipinski definition) is 4. The fourth-order valence-corrected chi connectivity index (χ4v) is 4.92. The smallest absolute Gasteiger partial charge is 0.146 e. The van der Waals surface area contributed by atoms with Gasteiger partial charge in [0.05, 0.1) is 35.6 Å². The molecule has 0 saturated heterocycles. The monoisotopic (exact) mass is 459 g/mol. The molecular weight excluding hydrogens is 422 g/mol. The van der Waals surface area contributed by atoms with Gasteiger partial charge >= 0.3 is 0 Å². The van der Waals surface area contributed by atoms with Gasteiger partial charge in [-0.05, 0) is 50.7 Å². The molecule has 3 rings (SSSR count). The SMILES string of the molecule is COCOC[C@]1(COCc2ccccc2)C[C@@H]1[C@@H](Cc1ccccc1)N[S@](=O)C(C)(C)C. The average Bonchev–Trinajstić information content (AvgIpc) is 3.48. The Labute approximate surface area is 195 Å². The zero-order chi connectivity index (χ0) is 23.0. The zero-order valence-electron chi connectivity index (χ0n) is 19.7. The molecule has 176 valence electrons. The second-order valence-corrected chi connectivity index (χ2v) is 11.7. The van der Waals surface area contributed by atoms with Crippen LogP contribution < -0.4 is 4.72 Å². The first-order valence-electron chi connectivity index (χ1n) is 11.2. The van der Waals surface area contributed by atoms with Crippen molar-refractivity contribution in [2.45, 2.75) is 51.0 Å². The van der Waals surface area contributed by atoms with Crippen molar-refractivity contribution in [1.82, 2.24) is 4.72 Å². The largest absolute Gasteiger partial charge is 0.376 e. The normalized spacial score (nSPS) is 22.4. The summed E-state index contributed by atoms with van der Waals surface area (Å²) in [6.45, 7) is 8.00. The molecule has 1 fully saturated rings. The van der Waals surface area contributed by atoms with E-state index in [1.807, 2.05) is 45.0 Å². The van der Waals surface area contributed by atoms with Gasteiger partial charge in [0, 0.05) is 18.6 Å². The fraction of sp³-hybridized carbons (Fsp3) is 0.538. The molecule has 0 aromatic heterocycles. The van der Waals surface area contributed by atoms with Gasteiger partial charge in [0.2, 0.25) is 0 Å². The standard InChI is InChI=1S/C26H37NO4S/c1-25(2,3)32(28)27-24(15-21-11-7-5-8-12-21)23-16-26(23,19-31-20-29-4)18-30-17-22-13-9-6-10-14-22/h5-14,23-24,27H,15-20H2,1-4H3/t23-,24-,26-,32-/m1/s1. The molecule has 0 aliphatic heterocycles. The van der Waals surface area contributed by atoms with Crippen LogP contribution in [0.4, 0.5) is 0 Å². The molecule has 1 aliphatic carbocycles. The van der Waals surface area contributed by atoms with Gasteiger partial charge in [-0.25, -0.2) is 8.93 Å². The Morgan fingerprint density at radius 3 is 2.19 bits per heavy atom. The van der Waals surface area contributed by atoms with Gasteiger partial charge in [0.1, 0.15) is 6.79 Å². The Balaban J connectivity index is 1.72. The molecule has 2 aromatic carbocycles. The van der Waals surface area contributed by atoms with Crippen molar-refractivity contribution in [3.05, 3.63) is 71.8 Å². The van der Waals surface area contributed by atoms with Crippen molar-refractivity contribution in [3.63, 3.8) is 0 Å². The highest BCUT2D eigenvalue weighted by Gasteiger charge is 2.58. The van der Waals surface area contributed by atoms with Gasteiger partial charge in [-0.1, -0.05) is 60.7 Å². The summed E-state index contributed by atoms with van der Waals surface area (Å²) in [5.41, 5.74) is 2.28. The molecule has 0 spiro atoms. The van der Waals surface area contributed by atoms with Crippen LogP contribution in [0.15, 0.2) is 60.7 Å². The minimum atomic E-state index is -1.15. The van der Waals surface area contributed by atoms with E-state index in [9.17, 15) is 4.21 Å². The third kappa shape index (κ3) is 7.22. The first-order valence-corrected chi connectivity index (χ1v) is 12.4. The van der Waals surface area contributed by atoms with Crippen molar-refractivity contribution in [3.8, 4) is 0 Å². The molecule has 4 atom stereocenters. The Kier molecular flexibility index (Phi) is 9.03. The topological polar surface area (TPSA) is 56.8 Å². The van der Waals surface area contributed by atoms with Crippen molar-refractivity contribution in [2.24, 2.45) is 11.3 Å². The van der Waals surface area contributed by atoms with E-state index >= 15 is 0 Å². The molecule has 0 amide bonds. The summed E-state index contributed by atoms with van der Waals surface area (Å²) in [6, 6.07) is 20.7. The fourth-order valence-electron chi connectivity index (χ4n) is 4.04. The minimum absolute atomic E-state index is 0.0731. The summed E-state index contributed by atoms with van der Waals surface area (Å²) in [5.74, 6) is 0.307. The van der Waals surface area contributed by atoms with E-state index in [-0.39, 0.29) is 23.0 Å². The lowest BCUT2D eigenvalue weighted by Gasteiger charge is -2.27. The van der Waals surface area contributed by atoms with E-state index in [0.29, 0.717) is 25.7 Å². The van der Waals surface area contributed by atoms with Gasteiger partial charge in [0.15, 0.2) is 0 Å². The molecule has 1 saturated carbocycles. The van der Waals surface area contributed by atoms with Gasteiger partial charge in [-0.15, -0.1) is 0 Å². The number of nitrogens with one attached hydrogen (secondary N) is 1. The first kappa shape index (κ1) is 25.1. The van der Waals surface area contributed by atoms with E-state index in [2.05, 4.69) is 41.1 Å². The molecule has 2 aromatic rings. The Bertz CT molecular complexity index is 840. The molecule has 32 heavy (non-hydrogen) atoms. The third-order valence-corrected chi connectivity index (χ3v) is 7.57. The summed E-state index contributed by atoms with van der Waals surface area (Å²) in [4.78, 5) is 0. The third-order valence-electron chi connectivity index (χ3n) is 5.94. The quantitative estimate of drug-likeness (QED) is 0.354. The summed E-state index contributed by atoms with van der Waals surface area (Å²) in [7, 11) is 0.480. The van der Waals surface area contributed by atoms with Crippen LogP contribution >= 0.6 is 0 Å². The highest BCUT2D eigenvalue weighted by molar-refractivity contribution is 7.84. The van der Waals surface area contributed by atoms with E-state index in [4.69, 9.17) is 14.2 Å². The van der Waals surface area contributed by atoms with Gasteiger partial charge < -0.3 is 14.2 Å². The maximum atomic E-state index is 13.0. The highest BCUT2D eigenvalue weighted by Crippen LogP contribution is 2.55. The predicted octanol–water partition coefficient (Wildman–Crippen LogP) is 4.49. The van der Waals surface area contributed by atoms with Crippen LogP contribution in [0, 0.1) is 11.3 Å². The zero-order valence-corrected chi connectivity index (χ0v) is 20.5. The first-order chi connectivity index (χ1) is 15.3. The average molecular weight is 460 g/mol. The Morgan fingerprint density at radius 2 is 1.59 bits per heavy atom. The number of methoxy groups -OCH3 is 1. The van der Waals surface area contributed by atoms with Crippen LogP contribution in [0.3, 0.4) is 0 Å². The molecule has 6 heteroatoms. The predicted molar refractivity (Wildman–Crippen MR) is 129 cm³/mol. The molecule has 0 heterocycles. The van der Waals surface area contributed by atoms with Crippen molar-refractivity contribution in [2.75, 3.05) is 27.1 Å². The molecule has 0 radical (unpaired) electrons. The minimum Gasteiger partial charge on any atom is -0.376 e. The summed E-state index contributed by atoms with van der Waals surface area (Å²) >= 11 is 0. The van der Waals surface area contributed by atoms with Gasteiger partial charge in [0.25, 0.3) is 0 Å². The van der Waals surface area contributed by atoms with Crippen LogP contribution in [0.25, 0.3) is 0 Å². The van der Waals surface area contributed by atoms with Crippen molar-refractivity contribution in [1.29, 1.82) is 0 Å². The van der Waals surface area contributed by atoms with Crippen molar-refractivity contribution >= 4 is 11.0 Å². The molecular formula is C26H37NO4S. The lowest BCUT2D eigenvalue weighted by molar-refractivity contribution is -0.0652.